The molecule has 0 unspecified atom stereocenters. The normalized spacial score (nSPS) is 16.4. The monoisotopic (exact) mass is 556 g/mol. The van der Waals surface area contributed by atoms with Gasteiger partial charge in [-0.25, -0.2) is 4.79 Å². The number of amides is 1. The van der Waals surface area contributed by atoms with E-state index in [9.17, 15) is 9.59 Å². The Morgan fingerprint density at radius 2 is 1.80 bits per heavy atom. The Kier molecular flexibility index (Phi) is 8.07. The van der Waals surface area contributed by atoms with Crippen LogP contribution in [0.3, 0.4) is 0 Å². The van der Waals surface area contributed by atoms with E-state index in [4.69, 9.17) is 26.1 Å². The standard InChI is InChI=1S/C30H28N4O5S/c1-37-24-13-6-5-11-21(24)32-26(35)16-18-34-28(27(33-30(34)40)22-12-7-8-17-31-22)25-15-14-23(39-25)19-9-3-4-10-20(19)29(36)38-2/h3-15,17,27-28H,16,18H2,1-2H3,(H,32,35)(H,33,40)/t27-,28+/m1/s1. The molecule has 0 radical (unpaired) electrons. The number of hydrogen-bond donors (Lipinski definition) is 2. The molecule has 0 spiro atoms. The number of esters is 1. The van der Waals surface area contributed by atoms with Gasteiger partial charge in [0, 0.05) is 24.7 Å². The molecule has 1 aliphatic rings. The van der Waals surface area contributed by atoms with Crippen molar-refractivity contribution in [1.82, 2.24) is 15.2 Å². The van der Waals surface area contributed by atoms with Crippen molar-refractivity contribution in [1.29, 1.82) is 0 Å². The second kappa shape index (κ2) is 12.0. The lowest BCUT2D eigenvalue weighted by atomic mass is 10.0. The molecule has 2 atom stereocenters. The van der Waals surface area contributed by atoms with Crippen LogP contribution in [0.4, 0.5) is 5.69 Å². The number of para-hydroxylation sites is 2. The van der Waals surface area contributed by atoms with Crippen LogP contribution >= 0.6 is 12.2 Å². The Morgan fingerprint density at radius 1 is 1.02 bits per heavy atom. The van der Waals surface area contributed by atoms with Gasteiger partial charge in [-0.1, -0.05) is 36.4 Å². The highest BCUT2D eigenvalue weighted by atomic mass is 32.1. The van der Waals surface area contributed by atoms with Gasteiger partial charge in [-0.2, -0.15) is 0 Å². The number of aromatic nitrogens is 1. The fourth-order valence-electron chi connectivity index (χ4n) is 4.78. The molecular weight excluding hydrogens is 528 g/mol. The molecule has 4 aromatic rings. The van der Waals surface area contributed by atoms with Crippen LogP contribution in [-0.4, -0.2) is 47.6 Å². The number of hydrogen-bond acceptors (Lipinski definition) is 7. The maximum absolute atomic E-state index is 12.9. The van der Waals surface area contributed by atoms with Crippen LogP contribution in [0.1, 0.15) is 40.3 Å². The minimum Gasteiger partial charge on any atom is -0.495 e. The van der Waals surface area contributed by atoms with Crippen LogP contribution in [0.25, 0.3) is 11.3 Å². The van der Waals surface area contributed by atoms with Crippen molar-refractivity contribution >= 4 is 34.9 Å². The van der Waals surface area contributed by atoms with Crippen LogP contribution in [0, 0.1) is 0 Å². The molecule has 9 nitrogen and oxygen atoms in total. The van der Waals surface area contributed by atoms with E-state index in [1.54, 1.807) is 37.6 Å². The summed E-state index contributed by atoms with van der Waals surface area (Å²) in [6.07, 6.45) is 1.89. The minimum absolute atomic E-state index is 0.171. The largest absolute Gasteiger partial charge is 0.495 e. The Bertz CT molecular complexity index is 1520. The number of carbonyl (C=O) groups is 2. The van der Waals surface area contributed by atoms with Crippen LogP contribution in [0.15, 0.2) is 89.5 Å². The van der Waals surface area contributed by atoms with E-state index in [0.29, 0.717) is 45.7 Å². The van der Waals surface area contributed by atoms with Crippen molar-refractivity contribution in [3.05, 3.63) is 102 Å². The molecule has 204 valence electrons. The second-order valence-corrected chi connectivity index (χ2v) is 9.44. The van der Waals surface area contributed by atoms with Gasteiger partial charge >= 0.3 is 5.97 Å². The zero-order valence-corrected chi connectivity index (χ0v) is 22.8. The predicted octanol–water partition coefficient (Wildman–Crippen LogP) is 5.14. The fraction of sp³-hybridized carbons (Fsp3) is 0.200. The lowest BCUT2D eigenvalue weighted by Gasteiger charge is -2.26. The molecule has 10 heteroatoms. The van der Waals surface area contributed by atoms with Crippen LogP contribution in [0.5, 0.6) is 5.75 Å². The third-order valence-corrected chi connectivity index (χ3v) is 7.03. The summed E-state index contributed by atoms with van der Waals surface area (Å²) in [6, 6.07) is 23.0. The Hall–Kier alpha value is -4.70. The number of furan rings is 1. The van der Waals surface area contributed by atoms with Gasteiger partial charge in [-0.05, 0) is 54.7 Å². The molecule has 2 aromatic heterocycles. The van der Waals surface area contributed by atoms with Gasteiger partial charge < -0.3 is 29.4 Å². The third-order valence-electron chi connectivity index (χ3n) is 6.67. The summed E-state index contributed by atoms with van der Waals surface area (Å²) in [4.78, 5) is 31.8. The highest BCUT2D eigenvalue weighted by molar-refractivity contribution is 7.80. The van der Waals surface area contributed by atoms with Crippen molar-refractivity contribution < 1.29 is 23.5 Å². The second-order valence-electron chi connectivity index (χ2n) is 9.06. The Morgan fingerprint density at radius 3 is 2.58 bits per heavy atom. The van der Waals surface area contributed by atoms with Gasteiger partial charge in [-0.3, -0.25) is 9.78 Å². The van der Waals surface area contributed by atoms with Gasteiger partial charge in [0.15, 0.2) is 5.11 Å². The number of pyridine rings is 1. The molecule has 1 aliphatic heterocycles. The zero-order chi connectivity index (χ0) is 28.1. The average Bonchev–Trinajstić information content (AvgIpc) is 3.60. The smallest absolute Gasteiger partial charge is 0.338 e. The van der Waals surface area contributed by atoms with E-state index >= 15 is 0 Å². The molecule has 3 heterocycles. The number of anilines is 1. The summed E-state index contributed by atoms with van der Waals surface area (Å²) in [6.45, 7) is 0.329. The average molecular weight is 557 g/mol. The van der Waals surface area contributed by atoms with E-state index in [1.807, 2.05) is 59.5 Å². The van der Waals surface area contributed by atoms with E-state index in [2.05, 4.69) is 15.6 Å². The van der Waals surface area contributed by atoms with E-state index in [1.165, 1.54) is 7.11 Å². The third kappa shape index (κ3) is 5.52. The molecular formula is C30H28N4O5S. The first-order valence-electron chi connectivity index (χ1n) is 12.7. The highest BCUT2D eigenvalue weighted by Gasteiger charge is 2.41. The minimum atomic E-state index is -0.452. The summed E-state index contributed by atoms with van der Waals surface area (Å²) in [7, 11) is 2.90. The highest BCUT2D eigenvalue weighted by Crippen LogP contribution is 2.41. The molecule has 0 bridgehead atoms. The van der Waals surface area contributed by atoms with Gasteiger partial charge in [0.1, 0.15) is 23.3 Å². The topological polar surface area (TPSA) is 106 Å². The van der Waals surface area contributed by atoms with Gasteiger partial charge in [-0.15, -0.1) is 0 Å². The van der Waals surface area contributed by atoms with Crippen LogP contribution in [0.2, 0.25) is 0 Å². The van der Waals surface area contributed by atoms with Gasteiger partial charge in [0.05, 0.1) is 37.2 Å². The summed E-state index contributed by atoms with van der Waals surface area (Å²) in [5.74, 6) is 1.08. The molecule has 0 aliphatic carbocycles. The molecule has 0 saturated carbocycles. The lowest BCUT2D eigenvalue weighted by molar-refractivity contribution is -0.116. The number of carbonyl (C=O) groups excluding carboxylic acids is 2. The van der Waals surface area contributed by atoms with Crippen molar-refractivity contribution in [2.24, 2.45) is 0 Å². The summed E-state index contributed by atoms with van der Waals surface area (Å²) in [5, 5.41) is 6.75. The fourth-order valence-corrected chi connectivity index (χ4v) is 5.11. The summed E-state index contributed by atoms with van der Waals surface area (Å²) in [5.41, 5.74) is 2.40. The molecule has 2 N–H and O–H groups in total. The quantitative estimate of drug-likeness (QED) is 0.214. The first-order valence-corrected chi connectivity index (χ1v) is 13.1. The number of nitrogens with zero attached hydrogens (tertiary/aromatic N) is 2. The zero-order valence-electron chi connectivity index (χ0n) is 22.0. The lowest BCUT2D eigenvalue weighted by Crippen LogP contribution is -2.32. The van der Waals surface area contributed by atoms with Crippen LogP contribution < -0.4 is 15.4 Å². The van der Waals surface area contributed by atoms with E-state index in [0.717, 1.165) is 5.69 Å². The first kappa shape index (κ1) is 26.9. The van der Waals surface area contributed by atoms with Crippen molar-refractivity contribution in [2.45, 2.75) is 18.5 Å². The SMILES string of the molecule is COC(=O)c1ccccc1-c1ccc([C@H]2[C@@H](c3ccccn3)NC(=S)N2CCC(=O)Nc2ccccc2OC)o1. The molecule has 1 fully saturated rings. The number of thiocarbonyl (C=S) groups is 1. The predicted molar refractivity (Wildman–Crippen MR) is 154 cm³/mol. The van der Waals surface area contributed by atoms with Gasteiger partial charge in [0.2, 0.25) is 5.91 Å². The van der Waals surface area contributed by atoms with Gasteiger partial charge in [0.25, 0.3) is 0 Å². The van der Waals surface area contributed by atoms with Crippen molar-refractivity contribution in [2.75, 3.05) is 26.1 Å². The molecule has 2 aromatic carbocycles. The molecule has 40 heavy (non-hydrogen) atoms. The Balaban J connectivity index is 1.43. The molecule has 5 rings (SSSR count). The number of ether oxygens (including phenoxy) is 2. The maximum atomic E-state index is 12.9. The maximum Gasteiger partial charge on any atom is 0.338 e. The summed E-state index contributed by atoms with van der Waals surface area (Å²) < 4.78 is 16.7. The van der Waals surface area contributed by atoms with Crippen molar-refractivity contribution in [3.8, 4) is 17.1 Å². The van der Waals surface area contributed by atoms with Crippen LogP contribution in [-0.2, 0) is 9.53 Å². The van der Waals surface area contributed by atoms with E-state index in [-0.39, 0.29) is 24.4 Å². The molecule has 1 amide bonds. The number of benzene rings is 2. The number of nitrogens with one attached hydrogen (secondary N) is 2. The number of methoxy groups -OCH3 is 2. The molecule has 1 saturated heterocycles. The van der Waals surface area contributed by atoms with E-state index < -0.39 is 5.97 Å². The van der Waals surface area contributed by atoms with Crippen molar-refractivity contribution in [3.63, 3.8) is 0 Å². The Labute approximate surface area is 237 Å². The number of rotatable bonds is 9. The summed E-state index contributed by atoms with van der Waals surface area (Å²) >= 11 is 5.72. The first-order chi connectivity index (χ1) is 19.5.